The lowest BCUT2D eigenvalue weighted by Gasteiger charge is -2.06. The zero-order valence-electron chi connectivity index (χ0n) is 11.7. The van der Waals surface area contributed by atoms with Gasteiger partial charge in [0.05, 0.1) is 5.84 Å². The Morgan fingerprint density at radius 2 is 1.41 bits per heavy atom. The Morgan fingerprint density at radius 1 is 0.955 bits per heavy atom. The van der Waals surface area contributed by atoms with E-state index in [0.29, 0.717) is 23.0 Å². The SMILES string of the molecule is N=C(N)CCn1c2ccc(Cl)cc2c2cc(Cl)ccc21.N=N. The first kappa shape index (κ1) is 16.3. The van der Waals surface area contributed by atoms with Crippen LogP contribution in [0.3, 0.4) is 0 Å². The van der Waals surface area contributed by atoms with Crippen LogP contribution in [0.25, 0.3) is 21.8 Å². The third kappa shape index (κ3) is 3.05. The standard InChI is InChI=1S/C15H13Cl2N3.H2N2/c16-9-1-3-13-11(7-9)12-8-10(17)2-4-14(12)20(13)6-5-15(18)19;1-2/h1-4,7-8H,5-6H2,(H3,18,19);1-2H. The number of amidine groups is 1. The predicted octanol–water partition coefficient (Wildman–Crippen LogP) is 5.02. The van der Waals surface area contributed by atoms with Gasteiger partial charge in [-0.05, 0) is 36.4 Å². The van der Waals surface area contributed by atoms with Crippen LogP contribution in [0.1, 0.15) is 6.42 Å². The maximum Gasteiger partial charge on any atom is 0.0923 e. The van der Waals surface area contributed by atoms with Crippen molar-refractivity contribution in [2.75, 3.05) is 0 Å². The summed E-state index contributed by atoms with van der Waals surface area (Å²) >= 11 is 12.2. The molecule has 0 aliphatic carbocycles. The zero-order chi connectivity index (χ0) is 16.3. The number of hydrogen-bond acceptors (Lipinski definition) is 3. The molecular weight excluding hydrogens is 321 g/mol. The van der Waals surface area contributed by atoms with Gasteiger partial charge in [0.1, 0.15) is 0 Å². The lowest BCUT2D eigenvalue weighted by atomic mass is 10.1. The van der Waals surface area contributed by atoms with Gasteiger partial charge in [-0.3, -0.25) is 5.41 Å². The van der Waals surface area contributed by atoms with Gasteiger partial charge in [0.2, 0.25) is 0 Å². The molecule has 0 aliphatic heterocycles. The number of hydrogen-bond donors (Lipinski definition) is 4. The highest BCUT2D eigenvalue weighted by molar-refractivity contribution is 6.33. The minimum atomic E-state index is 0.183. The average molecular weight is 336 g/mol. The first-order chi connectivity index (χ1) is 10.6. The molecule has 2 aromatic carbocycles. The quantitative estimate of drug-likeness (QED) is 0.301. The van der Waals surface area contributed by atoms with Crippen molar-refractivity contribution in [2.45, 2.75) is 13.0 Å². The van der Waals surface area contributed by atoms with E-state index in [2.05, 4.69) is 4.57 Å². The first-order valence-corrected chi connectivity index (χ1v) is 7.27. The number of benzene rings is 2. The summed E-state index contributed by atoms with van der Waals surface area (Å²) in [5.74, 6) is 0.183. The lowest BCUT2D eigenvalue weighted by Crippen LogP contribution is -2.12. The number of aryl methyl sites for hydroxylation is 1. The number of halogens is 2. The number of nitrogens with two attached hydrogens (primary N) is 1. The molecule has 7 heteroatoms. The Hall–Kier alpha value is -2.11. The summed E-state index contributed by atoms with van der Waals surface area (Å²) in [6.45, 7) is 0.665. The van der Waals surface area contributed by atoms with Gasteiger partial charge >= 0.3 is 0 Å². The van der Waals surface area contributed by atoms with E-state index < -0.39 is 0 Å². The molecule has 1 aromatic heterocycles. The number of rotatable bonds is 3. The van der Waals surface area contributed by atoms with Gasteiger partial charge in [-0.15, -0.1) is 0 Å². The number of nitrogens with one attached hydrogen (secondary N) is 3. The molecular formula is C15H15Cl2N5. The van der Waals surface area contributed by atoms with E-state index in [1.54, 1.807) is 0 Å². The van der Waals surface area contributed by atoms with Crippen molar-refractivity contribution < 1.29 is 0 Å². The van der Waals surface area contributed by atoms with Gasteiger partial charge in [0, 0.05) is 44.8 Å². The third-order valence-electron chi connectivity index (χ3n) is 3.39. The van der Waals surface area contributed by atoms with Crippen LogP contribution in [0, 0.1) is 16.5 Å². The Kier molecular flexibility index (Phi) is 5.00. The fourth-order valence-corrected chi connectivity index (χ4v) is 2.87. The molecule has 1 heterocycles. The van der Waals surface area contributed by atoms with E-state index >= 15 is 0 Å². The largest absolute Gasteiger partial charge is 0.388 e. The summed E-state index contributed by atoms with van der Waals surface area (Å²) < 4.78 is 2.15. The van der Waals surface area contributed by atoms with E-state index in [-0.39, 0.29) is 5.84 Å². The fraction of sp³-hybridized carbons (Fsp3) is 0.133. The monoisotopic (exact) mass is 335 g/mol. The van der Waals surface area contributed by atoms with E-state index in [9.17, 15) is 0 Å². The Bertz CT molecular complexity index is 781. The van der Waals surface area contributed by atoms with Crippen LogP contribution in [-0.4, -0.2) is 10.4 Å². The maximum absolute atomic E-state index is 7.40. The molecule has 0 amide bonds. The van der Waals surface area contributed by atoms with Crippen molar-refractivity contribution in [1.29, 1.82) is 16.5 Å². The molecule has 5 nitrogen and oxygen atoms in total. The second-order valence-corrected chi connectivity index (χ2v) is 5.62. The van der Waals surface area contributed by atoms with E-state index in [1.807, 2.05) is 36.4 Å². The molecule has 3 aromatic rings. The highest BCUT2D eigenvalue weighted by Gasteiger charge is 2.11. The molecule has 0 atom stereocenters. The van der Waals surface area contributed by atoms with Gasteiger partial charge in [-0.25, -0.2) is 11.1 Å². The molecule has 0 aliphatic rings. The molecule has 3 rings (SSSR count). The molecule has 0 saturated carbocycles. The molecule has 0 saturated heterocycles. The van der Waals surface area contributed by atoms with Crippen LogP contribution >= 0.6 is 23.2 Å². The van der Waals surface area contributed by atoms with E-state index in [0.717, 1.165) is 21.8 Å². The Balaban J connectivity index is 0.000000847. The van der Waals surface area contributed by atoms with Crippen LogP contribution in [-0.2, 0) is 6.54 Å². The van der Waals surface area contributed by atoms with Gasteiger partial charge in [0.15, 0.2) is 0 Å². The molecule has 5 N–H and O–H groups in total. The minimum Gasteiger partial charge on any atom is -0.388 e. The van der Waals surface area contributed by atoms with Gasteiger partial charge < -0.3 is 10.3 Å². The summed E-state index contributed by atoms with van der Waals surface area (Å²) in [5, 5.41) is 10.9. The van der Waals surface area contributed by atoms with Crippen molar-refractivity contribution >= 4 is 50.8 Å². The van der Waals surface area contributed by atoms with Crippen molar-refractivity contribution in [3.05, 3.63) is 46.4 Å². The molecule has 0 fully saturated rings. The predicted molar refractivity (Wildman–Crippen MR) is 91.4 cm³/mol. The zero-order valence-corrected chi connectivity index (χ0v) is 13.2. The molecule has 0 unspecified atom stereocenters. The summed E-state index contributed by atoms with van der Waals surface area (Å²) in [6.07, 6.45) is 0.518. The Morgan fingerprint density at radius 3 is 1.82 bits per heavy atom. The van der Waals surface area contributed by atoms with Gasteiger partial charge in [-0.2, -0.15) is 0 Å². The van der Waals surface area contributed by atoms with Gasteiger partial charge in [0.25, 0.3) is 0 Å². The number of fused-ring (bicyclic) bond motifs is 3. The second-order valence-electron chi connectivity index (χ2n) is 4.75. The average Bonchev–Trinajstić information content (AvgIpc) is 2.80. The second kappa shape index (κ2) is 6.77. The smallest absolute Gasteiger partial charge is 0.0923 e. The molecule has 0 radical (unpaired) electrons. The highest BCUT2D eigenvalue weighted by Crippen LogP contribution is 2.32. The molecule has 22 heavy (non-hydrogen) atoms. The topological polar surface area (TPSA) is 102 Å². The fourth-order valence-electron chi connectivity index (χ4n) is 2.52. The van der Waals surface area contributed by atoms with Gasteiger partial charge in [-0.1, -0.05) is 23.2 Å². The van der Waals surface area contributed by atoms with Crippen LogP contribution in [0.2, 0.25) is 10.0 Å². The first-order valence-electron chi connectivity index (χ1n) is 6.51. The summed E-state index contributed by atoms with van der Waals surface area (Å²) in [7, 11) is 0. The molecule has 114 valence electrons. The summed E-state index contributed by atoms with van der Waals surface area (Å²) in [6, 6.07) is 11.6. The van der Waals surface area contributed by atoms with Crippen molar-refractivity contribution in [1.82, 2.24) is 4.57 Å². The van der Waals surface area contributed by atoms with Crippen molar-refractivity contribution in [3.8, 4) is 0 Å². The maximum atomic E-state index is 7.40. The van der Waals surface area contributed by atoms with Crippen LogP contribution in [0.15, 0.2) is 36.4 Å². The lowest BCUT2D eigenvalue weighted by molar-refractivity contribution is 0.775. The third-order valence-corrected chi connectivity index (χ3v) is 3.86. The Labute approximate surface area is 137 Å². The van der Waals surface area contributed by atoms with Crippen molar-refractivity contribution in [3.63, 3.8) is 0 Å². The van der Waals surface area contributed by atoms with E-state index in [1.165, 1.54) is 0 Å². The summed E-state index contributed by atoms with van der Waals surface area (Å²) in [4.78, 5) is 0. The normalized spacial score (nSPS) is 10.5. The van der Waals surface area contributed by atoms with Crippen LogP contribution < -0.4 is 5.73 Å². The van der Waals surface area contributed by atoms with E-state index in [4.69, 9.17) is 45.4 Å². The number of aromatic nitrogens is 1. The van der Waals surface area contributed by atoms with Crippen LogP contribution in [0.5, 0.6) is 0 Å². The molecule has 0 bridgehead atoms. The highest BCUT2D eigenvalue weighted by atomic mass is 35.5. The molecule has 0 spiro atoms. The van der Waals surface area contributed by atoms with Crippen LogP contribution in [0.4, 0.5) is 0 Å². The summed E-state index contributed by atoms with van der Waals surface area (Å²) in [5.41, 5.74) is 17.6. The van der Waals surface area contributed by atoms with Crippen molar-refractivity contribution in [2.24, 2.45) is 5.73 Å². The minimum absolute atomic E-state index is 0.183. The number of nitrogens with zero attached hydrogens (tertiary/aromatic N) is 1.